The van der Waals surface area contributed by atoms with Gasteiger partial charge in [-0.1, -0.05) is 13.8 Å². The van der Waals surface area contributed by atoms with Gasteiger partial charge in [0.05, 0.1) is 29.5 Å². The summed E-state index contributed by atoms with van der Waals surface area (Å²) in [5.74, 6) is -5.22. The molecule has 8 unspecified atom stereocenters. The summed E-state index contributed by atoms with van der Waals surface area (Å²) in [6.45, 7) is 2.72. The Morgan fingerprint density at radius 1 is 0.737 bits per heavy atom. The summed E-state index contributed by atoms with van der Waals surface area (Å²) in [4.78, 5) is 66.9. The first-order valence-corrected chi connectivity index (χ1v) is 22.5. The van der Waals surface area contributed by atoms with Gasteiger partial charge in [-0.15, -0.1) is 0 Å². The van der Waals surface area contributed by atoms with Crippen LogP contribution in [0, 0.1) is 57.7 Å². The molecule has 9 fully saturated rings. The van der Waals surface area contributed by atoms with Crippen LogP contribution in [0.5, 0.6) is 0 Å². The molecule has 0 aromatic carbocycles. The number of hydrogen-bond donors (Lipinski definition) is 1. The lowest BCUT2D eigenvalue weighted by Crippen LogP contribution is -2.75. The molecule has 1 saturated heterocycles. The second-order valence-corrected chi connectivity index (χ2v) is 21.0. The average Bonchev–Trinajstić information content (AvgIpc) is 3.17. The van der Waals surface area contributed by atoms with Crippen molar-refractivity contribution < 1.29 is 69.4 Å². The van der Waals surface area contributed by atoms with E-state index >= 15 is 0 Å². The van der Waals surface area contributed by atoms with E-state index in [9.17, 15) is 45.7 Å². The van der Waals surface area contributed by atoms with E-state index in [1.807, 2.05) is 13.8 Å². The van der Waals surface area contributed by atoms with Crippen molar-refractivity contribution in [1.82, 2.24) is 0 Å². The molecular formula is C41H56F2O13S. The van der Waals surface area contributed by atoms with Crippen LogP contribution in [0.1, 0.15) is 123 Å². The van der Waals surface area contributed by atoms with Crippen LogP contribution in [0.4, 0.5) is 8.78 Å². The number of ketones is 2. The minimum atomic E-state index is -6.15. The third-order valence-electron chi connectivity index (χ3n) is 16.0. The summed E-state index contributed by atoms with van der Waals surface area (Å²) in [5.41, 5.74) is -4.85. The number of carbonyl (C=O) groups is 5. The number of esters is 3. The topological polar surface area (TPSA) is 186 Å². The van der Waals surface area contributed by atoms with E-state index in [1.165, 1.54) is 0 Å². The predicted octanol–water partition coefficient (Wildman–Crippen LogP) is 5.76. The van der Waals surface area contributed by atoms with Crippen molar-refractivity contribution >= 4 is 39.6 Å². The first-order valence-electron chi connectivity index (χ1n) is 21.1. The minimum absolute atomic E-state index is 0.0275. The van der Waals surface area contributed by atoms with E-state index in [0.29, 0.717) is 64.2 Å². The fourth-order valence-electron chi connectivity index (χ4n) is 13.0. The SMILES string of the molecule is CCC1(C(=O)OCC2(COC(=O)C3(CC)CC4CCC(=O)C(C4)C3)COC3(OC2)C2CC4CC(C2)CC3(OC(=O)C(F)(F)S(=O)(=O)O)C4)CC2CCC(=O)C(C2)C1. The molecule has 8 bridgehead atoms. The highest BCUT2D eigenvalue weighted by atomic mass is 32.2. The zero-order chi connectivity index (χ0) is 40.8. The number of rotatable bonds is 11. The van der Waals surface area contributed by atoms with Gasteiger partial charge in [0.2, 0.25) is 5.79 Å². The molecule has 318 valence electrons. The standard InChI is InChI=1S/C41H56F2O13S/c1-3-37(14-24-5-7-31(44)28(10-24)18-37)33(46)52-20-36(21-53-34(47)38(4-2)15-25-6-8-32(45)29(11-25)19-38)22-54-40(55-23-36)30-12-26-9-27(13-30)17-39(40,16-26)56-35(48)41(42,43)57(49,50)51/h24-30H,3-23H2,1-2H3,(H,49,50,51). The third-order valence-corrected chi connectivity index (χ3v) is 16.8. The summed E-state index contributed by atoms with van der Waals surface area (Å²) in [7, 11) is -6.15. The largest absolute Gasteiger partial charge is 0.465 e. The number of Topliss-reactive ketones (excluding diaryl/α,β-unsaturated/α-hetero) is 2. The molecule has 0 aromatic heterocycles. The van der Waals surface area contributed by atoms with Gasteiger partial charge in [-0.05, 0) is 120 Å². The molecule has 8 saturated carbocycles. The van der Waals surface area contributed by atoms with Crippen molar-refractivity contribution in [2.75, 3.05) is 26.4 Å². The van der Waals surface area contributed by atoms with Gasteiger partial charge in [0.1, 0.15) is 24.8 Å². The lowest BCUT2D eigenvalue weighted by atomic mass is 9.50. The van der Waals surface area contributed by atoms with E-state index in [4.69, 9.17) is 23.7 Å². The predicted molar refractivity (Wildman–Crippen MR) is 193 cm³/mol. The van der Waals surface area contributed by atoms with Crippen molar-refractivity contribution in [3.63, 3.8) is 0 Å². The van der Waals surface area contributed by atoms with Crippen molar-refractivity contribution in [3.05, 3.63) is 0 Å². The van der Waals surface area contributed by atoms with E-state index in [0.717, 1.165) is 32.1 Å². The lowest BCUT2D eigenvalue weighted by molar-refractivity contribution is -0.427. The molecule has 16 heteroatoms. The van der Waals surface area contributed by atoms with Gasteiger partial charge < -0.3 is 23.7 Å². The van der Waals surface area contributed by atoms with Crippen LogP contribution < -0.4 is 0 Å². The second-order valence-electron chi connectivity index (χ2n) is 19.5. The van der Waals surface area contributed by atoms with Crippen molar-refractivity contribution in [2.24, 2.45) is 57.7 Å². The first kappa shape index (κ1) is 41.2. The van der Waals surface area contributed by atoms with Crippen LogP contribution in [0.15, 0.2) is 0 Å². The Balaban J connectivity index is 1.06. The van der Waals surface area contributed by atoms with Crippen molar-refractivity contribution in [3.8, 4) is 0 Å². The molecule has 13 nitrogen and oxygen atoms in total. The Kier molecular flexibility index (Phi) is 10.3. The smallest absolute Gasteiger partial charge is 0.464 e. The molecule has 1 spiro atoms. The number of halogens is 2. The molecule has 0 amide bonds. The summed E-state index contributed by atoms with van der Waals surface area (Å²) in [5, 5.41) is -5.23. The summed E-state index contributed by atoms with van der Waals surface area (Å²) in [6.07, 6.45) is 8.99. The maximum atomic E-state index is 14.7. The quantitative estimate of drug-likeness (QED) is 0.151. The van der Waals surface area contributed by atoms with Crippen LogP contribution in [0.2, 0.25) is 0 Å². The van der Waals surface area contributed by atoms with Crippen LogP contribution in [-0.4, -0.2) is 85.5 Å². The maximum absolute atomic E-state index is 14.7. The number of ether oxygens (including phenoxy) is 5. The summed E-state index contributed by atoms with van der Waals surface area (Å²) < 4.78 is 93.0. The number of alkyl halides is 2. The second kappa shape index (κ2) is 14.3. The number of fused-ring (bicyclic) bond motifs is 4. The Labute approximate surface area is 332 Å². The molecule has 8 atom stereocenters. The zero-order valence-corrected chi connectivity index (χ0v) is 33.7. The fraction of sp³-hybridized carbons (Fsp3) is 0.878. The van der Waals surface area contributed by atoms with Gasteiger partial charge >= 0.3 is 33.3 Å². The molecule has 57 heavy (non-hydrogen) atoms. The molecule has 0 aromatic rings. The molecule has 1 N–H and O–H groups in total. The van der Waals surface area contributed by atoms with E-state index < -0.39 is 66.8 Å². The Hall–Kier alpha value is -2.56. The molecule has 1 aliphatic heterocycles. The minimum Gasteiger partial charge on any atom is -0.464 e. The Bertz CT molecular complexity index is 1710. The van der Waals surface area contributed by atoms with Gasteiger partial charge in [-0.2, -0.15) is 17.2 Å². The normalized spacial score (nSPS) is 43.8. The Morgan fingerprint density at radius 3 is 1.65 bits per heavy atom. The number of carbonyl (C=O) groups excluding carboxylic acids is 5. The van der Waals surface area contributed by atoms with Gasteiger partial charge in [-0.25, -0.2) is 4.79 Å². The molecule has 9 aliphatic rings. The number of hydrogen-bond acceptors (Lipinski definition) is 12. The molecule has 9 rings (SSSR count). The van der Waals surface area contributed by atoms with Gasteiger partial charge in [0.15, 0.2) is 5.60 Å². The fourth-order valence-corrected chi connectivity index (χ4v) is 13.3. The highest BCUT2D eigenvalue weighted by Gasteiger charge is 2.73. The van der Waals surface area contributed by atoms with Gasteiger partial charge in [0.25, 0.3) is 0 Å². The highest BCUT2D eigenvalue weighted by molar-refractivity contribution is 7.87. The monoisotopic (exact) mass is 826 g/mol. The molecule has 0 radical (unpaired) electrons. The van der Waals surface area contributed by atoms with Gasteiger partial charge in [-0.3, -0.25) is 23.7 Å². The van der Waals surface area contributed by atoms with Crippen molar-refractivity contribution in [1.29, 1.82) is 0 Å². The zero-order valence-electron chi connectivity index (χ0n) is 32.9. The van der Waals surface area contributed by atoms with E-state index in [2.05, 4.69) is 0 Å². The third kappa shape index (κ3) is 6.78. The summed E-state index contributed by atoms with van der Waals surface area (Å²) >= 11 is 0. The van der Waals surface area contributed by atoms with Crippen LogP contribution in [0.25, 0.3) is 0 Å². The molecular weight excluding hydrogens is 771 g/mol. The molecule has 8 aliphatic carbocycles. The van der Waals surface area contributed by atoms with E-state index in [-0.39, 0.29) is 86.3 Å². The van der Waals surface area contributed by atoms with Crippen LogP contribution in [0.3, 0.4) is 0 Å². The highest BCUT2D eigenvalue weighted by Crippen LogP contribution is 2.65. The first-order chi connectivity index (χ1) is 26.8. The van der Waals surface area contributed by atoms with Gasteiger partial charge in [0, 0.05) is 30.6 Å². The van der Waals surface area contributed by atoms with E-state index in [1.54, 1.807) is 0 Å². The van der Waals surface area contributed by atoms with Crippen LogP contribution in [-0.2, 0) is 57.8 Å². The molecule has 1 heterocycles. The summed E-state index contributed by atoms with van der Waals surface area (Å²) in [6, 6.07) is 0. The lowest BCUT2D eigenvalue weighted by Gasteiger charge is -2.66. The van der Waals surface area contributed by atoms with Crippen LogP contribution >= 0.6 is 0 Å². The average molecular weight is 827 g/mol. The van der Waals surface area contributed by atoms with Crippen molar-refractivity contribution in [2.45, 2.75) is 140 Å². The Morgan fingerprint density at radius 2 is 1.21 bits per heavy atom. The maximum Gasteiger partial charge on any atom is 0.465 e.